The van der Waals surface area contributed by atoms with Crippen molar-refractivity contribution >= 4 is 12.0 Å². The van der Waals surface area contributed by atoms with Crippen LogP contribution < -0.4 is 11.1 Å². The molecular weight excluding hydrogens is 382 g/mol. The molecule has 10 heteroatoms. The molecule has 0 aliphatic carbocycles. The summed E-state index contributed by atoms with van der Waals surface area (Å²) in [6, 6.07) is 7.99. The predicted molar refractivity (Wildman–Crippen MR) is 92.9 cm³/mol. The summed E-state index contributed by atoms with van der Waals surface area (Å²) in [5.41, 5.74) is 6.48. The maximum absolute atomic E-state index is 13.2. The van der Waals surface area contributed by atoms with Crippen molar-refractivity contribution < 1.29 is 31.9 Å². The zero-order valence-corrected chi connectivity index (χ0v) is 15.2. The molecule has 1 heterocycles. The quantitative estimate of drug-likeness (QED) is 0.514. The number of halogens is 4. The second-order valence-corrected chi connectivity index (χ2v) is 6.69. The van der Waals surface area contributed by atoms with Crippen molar-refractivity contribution in [2.75, 3.05) is 19.6 Å². The van der Waals surface area contributed by atoms with E-state index in [-0.39, 0.29) is 19.6 Å². The first-order valence-electron chi connectivity index (χ1n) is 8.87. The van der Waals surface area contributed by atoms with Gasteiger partial charge in [0.2, 0.25) is 5.91 Å². The summed E-state index contributed by atoms with van der Waals surface area (Å²) in [4.78, 5) is 23.9. The number of likely N-dealkylation sites (tertiary alicyclic amines) is 1. The molecule has 3 N–H and O–H groups in total. The van der Waals surface area contributed by atoms with Crippen molar-refractivity contribution in [1.82, 2.24) is 10.2 Å². The number of carbonyl (C=O) groups excluding carboxylic acids is 2. The third-order valence-electron chi connectivity index (χ3n) is 4.37. The molecule has 156 valence electrons. The molecule has 0 bridgehead atoms. The molecule has 0 radical (unpaired) electrons. The van der Waals surface area contributed by atoms with Crippen molar-refractivity contribution in [1.29, 1.82) is 0 Å². The van der Waals surface area contributed by atoms with E-state index < -0.39 is 43.0 Å². The monoisotopic (exact) mass is 405 g/mol. The van der Waals surface area contributed by atoms with Crippen molar-refractivity contribution in [2.24, 2.45) is 5.73 Å². The molecule has 28 heavy (non-hydrogen) atoms. The van der Waals surface area contributed by atoms with E-state index in [9.17, 15) is 27.2 Å². The number of benzene rings is 1. The van der Waals surface area contributed by atoms with Gasteiger partial charge in [0.15, 0.2) is 0 Å². The molecule has 1 aromatic carbocycles. The largest absolute Gasteiger partial charge is 0.445 e. The van der Waals surface area contributed by atoms with Gasteiger partial charge in [-0.05, 0) is 24.8 Å². The van der Waals surface area contributed by atoms with Crippen LogP contribution in [0.2, 0.25) is 0 Å². The number of hydrogen-bond acceptors (Lipinski definition) is 4. The SMILES string of the molecule is N[C@@H](CCCCNC(=O)OCc1ccccc1)C(=O)N1CC(F)(F)C(F)(F)C1. The number of nitrogens with two attached hydrogens (primary N) is 1. The van der Waals surface area contributed by atoms with Crippen LogP contribution >= 0.6 is 0 Å². The zero-order valence-electron chi connectivity index (χ0n) is 15.2. The van der Waals surface area contributed by atoms with Gasteiger partial charge >= 0.3 is 17.9 Å². The fourth-order valence-corrected chi connectivity index (χ4v) is 2.73. The Kier molecular flexibility index (Phi) is 7.22. The lowest BCUT2D eigenvalue weighted by Crippen LogP contribution is -2.43. The van der Waals surface area contributed by atoms with Gasteiger partial charge in [-0.15, -0.1) is 0 Å². The van der Waals surface area contributed by atoms with Crippen LogP contribution in [0.5, 0.6) is 0 Å². The van der Waals surface area contributed by atoms with E-state index in [1.165, 1.54) is 0 Å². The average molecular weight is 405 g/mol. The molecule has 0 spiro atoms. The van der Waals surface area contributed by atoms with Crippen molar-refractivity contribution in [3.8, 4) is 0 Å². The number of alkyl halides is 4. The van der Waals surface area contributed by atoms with Crippen molar-refractivity contribution in [3.05, 3.63) is 35.9 Å². The number of rotatable bonds is 8. The maximum Gasteiger partial charge on any atom is 0.407 e. The average Bonchev–Trinajstić information content (AvgIpc) is 2.87. The first-order valence-corrected chi connectivity index (χ1v) is 8.87. The molecule has 1 aliphatic rings. The van der Waals surface area contributed by atoms with E-state index in [1.807, 2.05) is 30.3 Å². The van der Waals surface area contributed by atoms with Gasteiger partial charge in [0.25, 0.3) is 0 Å². The third-order valence-corrected chi connectivity index (χ3v) is 4.37. The number of amides is 2. The summed E-state index contributed by atoms with van der Waals surface area (Å²) in [5.74, 6) is -9.41. The number of alkyl carbamates (subject to hydrolysis) is 1. The van der Waals surface area contributed by atoms with E-state index >= 15 is 0 Å². The summed E-state index contributed by atoms with van der Waals surface area (Å²) in [6.45, 7) is -2.26. The topological polar surface area (TPSA) is 84.7 Å². The molecule has 1 fully saturated rings. The second kappa shape index (κ2) is 9.22. The molecule has 1 atom stereocenters. The molecule has 0 aromatic heterocycles. The number of nitrogens with zero attached hydrogens (tertiary/aromatic N) is 1. The molecular formula is C18H23F4N3O3. The standard InChI is InChI=1S/C18H23F4N3O3/c19-17(20)11-25(12-18(17,21)22)15(26)14(23)8-4-5-9-24-16(27)28-10-13-6-2-1-3-7-13/h1-3,6-7,14H,4-5,8-12,23H2,(H,24,27)/t14-/m0/s1. The first kappa shape index (κ1) is 21.9. The summed E-state index contributed by atoms with van der Waals surface area (Å²) < 4.78 is 57.7. The van der Waals surface area contributed by atoms with Gasteiger partial charge in [-0.25, -0.2) is 4.79 Å². The lowest BCUT2D eigenvalue weighted by atomic mass is 10.1. The minimum atomic E-state index is -4.24. The number of nitrogens with one attached hydrogen (secondary N) is 1. The van der Waals surface area contributed by atoms with E-state index in [2.05, 4.69) is 5.32 Å². The maximum atomic E-state index is 13.2. The lowest BCUT2D eigenvalue weighted by molar-refractivity contribution is -0.172. The van der Waals surface area contributed by atoms with Crippen LogP contribution in [0.1, 0.15) is 24.8 Å². The Hall–Kier alpha value is -2.36. The number of carbonyl (C=O) groups is 2. The molecule has 1 aromatic rings. The predicted octanol–water partition coefficient (Wildman–Crippen LogP) is 2.52. The van der Waals surface area contributed by atoms with E-state index in [4.69, 9.17) is 10.5 Å². The fourth-order valence-electron chi connectivity index (χ4n) is 2.73. The highest BCUT2D eigenvalue weighted by Gasteiger charge is 2.64. The number of hydrogen-bond donors (Lipinski definition) is 2. The lowest BCUT2D eigenvalue weighted by Gasteiger charge is -2.19. The van der Waals surface area contributed by atoms with Gasteiger partial charge in [-0.2, -0.15) is 17.6 Å². The Bertz CT molecular complexity index is 657. The molecule has 1 saturated heterocycles. The minimum Gasteiger partial charge on any atom is -0.445 e. The first-order chi connectivity index (χ1) is 13.1. The Balaban J connectivity index is 1.60. The Morgan fingerprint density at radius 1 is 1.11 bits per heavy atom. The normalized spacial score (nSPS) is 18.5. The number of ether oxygens (including phenoxy) is 1. The molecule has 0 saturated carbocycles. The summed E-state index contributed by atoms with van der Waals surface area (Å²) >= 11 is 0. The van der Waals surface area contributed by atoms with E-state index in [0.29, 0.717) is 17.7 Å². The van der Waals surface area contributed by atoms with Crippen LogP contribution in [-0.2, 0) is 16.1 Å². The highest BCUT2D eigenvalue weighted by Crippen LogP contribution is 2.41. The van der Waals surface area contributed by atoms with Gasteiger partial charge in [0, 0.05) is 6.54 Å². The Morgan fingerprint density at radius 2 is 1.71 bits per heavy atom. The second-order valence-electron chi connectivity index (χ2n) is 6.69. The number of unbranched alkanes of at least 4 members (excludes halogenated alkanes) is 1. The molecule has 1 aliphatic heterocycles. The van der Waals surface area contributed by atoms with Gasteiger partial charge in [-0.1, -0.05) is 30.3 Å². The summed E-state index contributed by atoms with van der Waals surface area (Å²) in [7, 11) is 0. The van der Waals surface area contributed by atoms with E-state index in [0.717, 1.165) is 5.56 Å². The molecule has 6 nitrogen and oxygen atoms in total. The Labute approximate surface area is 160 Å². The van der Waals surface area contributed by atoms with Crippen LogP contribution in [0.15, 0.2) is 30.3 Å². The van der Waals surface area contributed by atoms with Gasteiger partial charge in [-0.3, -0.25) is 4.79 Å². The van der Waals surface area contributed by atoms with Gasteiger partial charge in [0.05, 0.1) is 19.1 Å². The zero-order chi connectivity index (χ0) is 20.8. The van der Waals surface area contributed by atoms with Gasteiger partial charge < -0.3 is 20.7 Å². The Morgan fingerprint density at radius 3 is 2.32 bits per heavy atom. The van der Waals surface area contributed by atoms with Crippen molar-refractivity contribution in [3.63, 3.8) is 0 Å². The molecule has 2 rings (SSSR count). The van der Waals surface area contributed by atoms with Crippen molar-refractivity contribution in [2.45, 2.75) is 43.8 Å². The van der Waals surface area contributed by atoms with Crippen LogP contribution in [0.3, 0.4) is 0 Å². The highest BCUT2D eigenvalue weighted by molar-refractivity contribution is 5.82. The summed E-state index contributed by atoms with van der Waals surface area (Å²) in [6.07, 6.45) is 0.416. The minimum absolute atomic E-state index is 0.132. The van der Waals surface area contributed by atoms with Crippen LogP contribution in [0.4, 0.5) is 22.4 Å². The van der Waals surface area contributed by atoms with Crippen LogP contribution in [0, 0.1) is 0 Å². The third kappa shape index (κ3) is 5.82. The van der Waals surface area contributed by atoms with Gasteiger partial charge in [0.1, 0.15) is 6.61 Å². The fraction of sp³-hybridized carbons (Fsp3) is 0.556. The van der Waals surface area contributed by atoms with Crippen LogP contribution in [-0.4, -0.2) is 54.4 Å². The summed E-state index contributed by atoms with van der Waals surface area (Å²) in [5, 5.41) is 2.54. The molecule has 2 amide bonds. The smallest absolute Gasteiger partial charge is 0.407 e. The van der Waals surface area contributed by atoms with Crippen LogP contribution in [0.25, 0.3) is 0 Å². The van der Waals surface area contributed by atoms with E-state index in [1.54, 1.807) is 0 Å². The molecule has 0 unspecified atom stereocenters. The highest BCUT2D eigenvalue weighted by atomic mass is 19.3.